The number of hydrogen-bond acceptors (Lipinski definition) is 15. The van der Waals surface area contributed by atoms with E-state index in [2.05, 4.69) is 0 Å². The van der Waals surface area contributed by atoms with Crippen LogP contribution < -0.4 is 0 Å². The molecule has 0 unspecified atom stereocenters. The van der Waals surface area contributed by atoms with Crippen LogP contribution in [0.25, 0.3) is 0 Å². The second-order valence-corrected chi connectivity index (χ2v) is 22.3. The Morgan fingerprint density at radius 3 is 2.28 bits per heavy atom. The molecule has 4 heterocycles. The Morgan fingerprint density at radius 2 is 1.59 bits per heavy atom. The number of ketones is 3. The lowest BCUT2D eigenvalue weighted by molar-refractivity contribution is -0.266. The van der Waals surface area contributed by atoms with E-state index >= 15 is 0 Å². The van der Waals surface area contributed by atoms with Crippen LogP contribution in [-0.2, 0) is 57.1 Å². The number of piperidine rings is 1. The molecule has 4 fully saturated rings. The smallest absolute Gasteiger partial charge is 0.329 e. The molecule has 3 N–H and O–H groups in total. The van der Waals surface area contributed by atoms with Crippen molar-refractivity contribution >= 4 is 29.2 Å². The van der Waals surface area contributed by atoms with Gasteiger partial charge in [-0.05, 0) is 120 Å². The molecule has 1 saturated carbocycles. The minimum absolute atomic E-state index is 0.00693. The average molecular weight is 1040 g/mol. The number of hydrogen-bond donors (Lipinski definition) is 3. The zero-order valence-electron chi connectivity index (χ0n) is 46.0. The number of carbonyl (C=O) groups excluding carboxylic acids is 5. The third-order valence-corrected chi connectivity index (χ3v) is 16.4. The Bertz CT molecular complexity index is 1960. The minimum Gasteiger partial charge on any atom is -0.460 e. The number of cyclic esters (lactones) is 1. The molecule has 15 atom stereocenters. The summed E-state index contributed by atoms with van der Waals surface area (Å²) in [5.41, 5.74) is 1.30. The summed E-state index contributed by atoms with van der Waals surface area (Å²) in [5.74, 6) is -7.49. The SMILES string of the molecule is CO[C@@H]1C[C@H](C[C@@H](C)[C@@H]2CC(=O)[C@H](C)/C=C(\C)[C@@H](O)[C@@H](OC)C(=O)[C@H](C)C[C@H](C)/C=C/C=C/C=C(\C)[C@H](OCCCC3COC3)C[C@@H]3CC[C@@H](C)[C@@](O)(O3)C(=O)C(=O)N3CCCC[C@H]3C(=O)O2)CC[C@H]1OCCO. The lowest BCUT2D eigenvalue weighted by Gasteiger charge is -2.43. The van der Waals surface area contributed by atoms with Gasteiger partial charge < -0.3 is 53.4 Å². The van der Waals surface area contributed by atoms with Gasteiger partial charge in [-0.3, -0.25) is 19.2 Å². The highest BCUT2D eigenvalue weighted by Gasteiger charge is 2.53. The molecule has 74 heavy (non-hydrogen) atoms. The molecule has 418 valence electrons. The number of carbonyl (C=O) groups is 5. The largest absolute Gasteiger partial charge is 0.460 e. The van der Waals surface area contributed by atoms with Crippen LogP contribution in [0.2, 0.25) is 0 Å². The van der Waals surface area contributed by atoms with Crippen LogP contribution in [0.4, 0.5) is 0 Å². The Morgan fingerprint density at radius 1 is 0.838 bits per heavy atom. The Hall–Kier alpha value is -3.45. The van der Waals surface area contributed by atoms with Gasteiger partial charge in [-0.2, -0.15) is 0 Å². The van der Waals surface area contributed by atoms with Crippen molar-refractivity contribution in [3.8, 4) is 0 Å². The minimum atomic E-state index is -2.45. The third-order valence-electron chi connectivity index (χ3n) is 16.4. The second kappa shape index (κ2) is 29.9. The van der Waals surface area contributed by atoms with Crippen LogP contribution in [0.1, 0.15) is 138 Å². The Labute approximate surface area is 440 Å². The van der Waals surface area contributed by atoms with Crippen LogP contribution >= 0.6 is 0 Å². The Balaban J connectivity index is 1.46. The van der Waals surface area contributed by atoms with Crippen molar-refractivity contribution in [3.05, 3.63) is 47.6 Å². The molecule has 1 aliphatic carbocycles. The fourth-order valence-electron chi connectivity index (χ4n) is 11.5. The van der Waals surface area contributed by atoms with Gasteiger partial charge in [-0.25, -0.2) is 4.79 Å². The van der Waals surface area contributed by atoms with E-state index in [1.807, 2.05) is 58.1 Å². The third kappa shape index (κ3) is 17.0. The van der Waals surface area contributed by atoms with E-state index in [9.17, 15) is 39.3 Å². The monoisotopic (exact) mass is 1040 g/mol. The number of Topliss-reactive ketones (excluding diaryl/α,β-unsaturated/α-hetero) is 3. The number of methoxy groups -OCH3 is 2. The summed E-state index contributed by atoms with van der Waals surface area (Å²) in [7, 11) is 3.02. The summed E-state index contributed by atoms with van der Waals surface area (Å²) in [6.07, 6.45) is 13.9. The first-order chi connectivity index (χ1) is 35.3. The Kier molecular flexibility index (Phi) is 24.8. The molecule has 16 heteroatoms. The zero-order chi connectivity index (χ0) is 54.1. The van der Waals surface area contributed by atoms with Crippen molar-refractivity contribution in [2.45, 2.75) is 193 Å². The van der Waals surface area contributed by atoms with Crippen molar-refractivity contribution in [2.75, 3.05) is 53.8 Å². The molecule has 5 rings (SSSR count). The van der Waals surface area contributed by atoms with E-state index in [4.69, 9.17) is 33.2 Å². The number of ether oxygens (including phenoxy) is 7. The van der Waals surface area contributed by atoms with Crippen molar-refractivity contribution < 1.29 is 72.5 Å². The summed E-state index contributed by atoms with van der Waals surface area (Å²) in [6.45, 7) is 15.0. The van der Waals surface area contributed by atoms with Gasteiger partial charge in [0, 0.05) is 63.9 Å². The molecular formula is C58H91NO15. The quantitative estimate of drug-likeness (QED) is 0.0734. The van der Waals surface area contributed by atoms with E-state index in [1.54, 1.807) is 34.0 Å². The number of allylic oxidation sites excluding steroid dienone is 6. The van der Waals surface area contributed by atoms with E-state index < -0.39 is 77.8 Å². The number of aliphatic hydroxyl groups is 3. The molecule has 1 amide bonds. The van der Waals surface area contributed by atoms with E-state index in [1.165, 1.54) is 12.0 Å². The highest BCUT2D eigenvalue weighted by Crippen LogP contribution is 2.38. The van der Waals surface area contributed by atoms with Crippen LogP contribution in [0.15, 0.2) is 47.6 Å². The van der Waals surface area contributed by atoms with Crippen molar-refractivity contribution in [1.29, 1.82) is 0 Å². The highest BCUT2D eigenvalue weighted by molar-refractivity contribution is 6.39. The topological polar surface area (TPSA) is 214 Å². The number of nitrogens with zero attached hydrogens (tertiary/aromatic N) is 1. The van der Waals surface area contributed by atoms with Crippen LogP contribution in [0, 0.1) is 41.4 Å². The van der Waals surface area contributed by atoms with Crippen molar-refractivity contribution in [3.63, 3.8) is 0 Å². The first kappa shape index (κ1) is 61.4. The number of rotatable bonds is 13. The molecular weight excluding hydrogens is 951 g/mol. The normalized spacial score (nSPS) is 38.1. The molecule has 16 nitrogen and oxygen atoms in total. The summed E-state index contributed by atoms with van der Waals surface area (Å²) in [4.78, 5) is 72.9. The number of fused-ring (bicyclic) bond motifs is 3. The van der Waals surface area contributed by atoms with E-state index in [0.29, 0.717) is 75.9 Å². The maximum atomic E-state index is 14.6. The van der Waals surface area contributed by atoms with Gasteiger partial charge in [-0.15, -0.1) is 0 Å². The fourth-order valence-corrected chi connectivity index (χ4v) is 11.5. The average Bonchev–Trinajstić information content (AvgIpc) is 3.36. The van der Waals surface area contributed by atoms with Gasteiger partial charge in [0.2, 0.25) is 5.79 Å². The molecule has 0 aromatic carbocycles. The lowest BCUT2D eigenvalue weighted by atomic mass is 9.78. The fraction of sp³-hybridized carbons (Fsp3) is 0.776. The zero-order valence-corrected chi connectivity index (χ0v) is 46.0. The highest BCUT2D eigenvalue weighted by atomic mass is 16.6. The summed E-state index contributed by atoms with van der Waals surface area (Å²) in [5, 5.41) is 33.1. The summed E-state index contributed by atoms with van der Waals surface area (Å²) in [6, 6.07) is -1.15. The maximum absolute atomic E-state index is 14.6. The molecule has 4 aliphatic heterocycles. The number of aliphatic hydroxyl groups excluding tert-OH is 2. The molecule has 5 aliphatic rings. The van der Waals surface area contributed by atoms with Crippen molar-refractivity contribution in [2.24, 2.45) is 41.4 Å². The standard InChI is InChI=1S/C58H91NO15/c1-36-16-11-10-12-17-37(2)49(71-26-15-18-44-34-70-35-44)32-45-22-20-42(7)58(67,74-45)55(64)56(65)59-24-14-13-19-46(59)57(66)73-50(39(4)30-43-21-23-48(72-27-25-60)51(31-43)68-8)33-47(61)38(3)29-41(6)53(63)54(69-9)52(62)40(5)28-36/h10-12,16-17,29,36,38-40,42-46,48-51,53-54,60,63,67H,13-15,18-28,30-35H2,1-9H3/b12-10+,16-11+,37-17+,41-29+/t36-,38-,39-,40-,42-,43+,45+,46+,48-,49-,50+,51-,53-,54+,58-/m1/s1. The van der Waals surface area contributed by atoms with Gasteiger partial charge in [0.1, 0.15) is 30.1 Å². The van der Waals surface area contributed by atoms with Gasteiger partial charge in [0.15, 0.2) is 5.78 Å². The predicted octanol–water partition coefficient (Wildman–Crippen LogP) is 6.99. The molecule has 0 aromatic rings. The van der Waals surface area contributed by atoms with Gasteiger partial charge >= 0.3 is 5.97 Å². The van der Waals surface area contributed by atoms with Crippen LogP contribution in [0.5, 0.6) is 0 Å². The second-order valence-electron chi connectivity index (χ2n) is 22.3. The van der Waals surface area contributed by atoms with Crippen LogP contribution in [-0.4, -0.2) is 158 Å². The summed E-state index contributed by atoms with van der Waals surface area (Å²) >= 11 is 0. The first-order valence-corrected chi connectivity index (χ1v) is 27.7. The van der Waals surface area contributed by atoms with Crippen molar-refractivity contribution in [1.82, 2.24) is 4.90 Å². The van der Waals surface area contributed by atoms with Gasteiger partial charge in [0.25, 0.3) is 11.7 Å². The molecule has 0 spiro atoms. The number of esters is 1. The summed E-state index contributed by atoms with van der Waals surface area (Å²) < 4.78 is 41.9. The number of amides is 1. The first-order valence-electron chi connectivity index (χ1n) is 27.7. The van der Waals surface area contributed by atoms with Gasteiger partial charge in [0.05, 0.1) is 50.8 Å². The molecule has 2 bridgehead atoms. The van der Waals surface area contributed by atoms with E-state index in [0.717, 1.165) is 38.0 Å². The molecule has 3 saturated heterocycles. The lowest BCUT2D eigenvalue weighted by Crippen LogP contribution is -2.61. The predicted molar refractivity (Wildman–Crippen MR) is 278 cm³/mol. The van der Waals surface area contributed by atoms with E-state index in [-0.39, 0.29) is 74.1 Å². The van der Waals surface area contributed by atoms with Crippen LogP contribution in [0.3, 0.4) is 0 Å². The maximum Gasteiger partial charge on any atom is 0.329 e. The molecule has 0 aromatic heterocycles. The van der Waals surface area contributed by atoms with Gasteiger partial charge in [-0.1, -0.05) is 71.1 Å². The molecule has 0 radical (unpaired) electrons.